The molecule has 0 aromatic carbocycles. The normalized spacial score (nSPS) is 45.0. The maximum atomic E-state index is 10.7. The molecule has 1 nitrogen and oxygen atoms in total. The molecule has 2 saturated carbocycles. The number of aliphatic hydroxyl groups excluding tert-OH is 1. The summed E-state index contributed by atoms with van der Waals surface area (Å²) < 4.78 is 0. The van der Waals surface area contributed by atoms with E-state index in [0.717, 1.165) is 24.2 Å². The van der Waals surface area contributed by atoms with Crippen molar-refractivity contribution in [3.05, 3.63) is 22.8 Å². The van der Waals surface area contributed by atoms with E-state index in [0.29, 0.717) is 16.7 Å². The van der Waals surface area contributed by atoms with Crippen molar-refractivity contribution in [3.8, 4) is 0 Å². The molecule has 5 aliphatic carbocycles. The van der Waals surface area contributed by atoms with Crippen molar-refractivity contribution in [2.24, 2.45) is 39.9 Å². The van der Waals surface area contributed by atoms with Gasteiger partial charge in [-0.2, -0.15) is 0 Å². The van der Waals surface area contributed by atoms with Crippen molar-refractivity contribution in [2.45, 2.75) is 111 Å². The summed E-state index contributed by atoms with van der Waals surface area (Å²) in [6.07, 6.45) is 17.2. The molecule has 0 aromatic heterocycles. The van der Waals surface area contributed by atoms with Gasteiger partial charge in [-0.1, -0.05) is 65.5 Å². The molecule has 0 spiro atoms. The summed E-state index contributed by atoms with van der Waals surface area (Å²) in [5.41, 5.74) is 6.15. The van der Waals surface area contributed by atoms with E-state index < -0.39 is 0 Å². The van der Waals surface area contributed by atoms with E-state index in [2.05, 4.69) is 40.7 Å². The molecule has 162 valence electrons. The van der Waals surface area contributed by atoms with Crippen molar-refractivity contribution >= 4 is 0 Å². The number of hydrogen-bond acceptors (Lipinski definition) is 1. The zero-order valence-electron chi connectivity index (χ0n) is 19.7. The Hall–Kier alpha value is -0.560. The molecule has 0 bridgehead atoms. The minimum atomic E-state index is -0.126. The Labute approximate surface area is 179 Å². The molecule has 29 heavy (non-hydrogen) atoms. The molecule has 0 heterocycles. The molecule has 0 radical (unpaired) electrons. The summed E-state index contributed by atoms with van der Waals surface area (Å²) in [6, 6.07) is 0. The van der Waals surface area contributed by atoms with Crippen LogP contribution in [0.2, 0.25) is 0 Å². The van der Waals surface area contributed by atoms with Crippen molar-refractivity contribution < 1.29 is 5.11 Å². The molecule has 1 heteroatoms. The maximum absolute atomic E-state index is 10.7. The van der Waals surface area contributed by atoms with Crippen LogP contribution in [-0.2, 0) is 0 Å². The van der Waals surface area contributed by atoms with Gasteiger partial charge in [-0.05, 0) is 102 Å². The number of aliphatic hydroxyl groups is 1. The first-order valence-electron chi connectivity index (χ1n) is 12.8. The van der Waals surface area contributed by atoms with E-state index in [1.807, 2.05) is 5.57 Å². The molecular formula is C28H44O. The summed E-state index contributed by atoms with van der Waals surface area (Å²) in [4.78, 5) is 0. The highest BCUT2D eigenvalue weighted by Crippen LogP contribution is 2.66. The molecule has 1 N–H and O–H groups in total. The van der Waals surface area contributed by atoms with Crippen molar-refractivity contribution in [2.75, 3.05) is 0 Å². The highest BCUT2D eigenvalue weighted by Gasteiger charge is 2.57. The lowest BCUT2D eigenvalue weighted by atomic mass is 9.46. The van der Waals surface area contributed by atoms with Crippen LogP contribution in [0.4, 0.5) is 0 Å². The predicted octanol–water partition coefficient (Wildman–Crippen LogP) is 7.45. The average molecular weight is 397 g/mol. The highest BCUT2D eigenvalue weighted by atomic mass is 16.3. The van der Waals surface area contributed by atoms with Gasteiger partial charge >= 0.3 is 0 Å². The van der Waals surface area contributed by atoms with Crippen LogP contribution >= 0.6 is 0 Å². The summed E-state index contributed by atoms with van der Waals surface area (Å²) >= 11 is 0. The molecule has 0 amide bonds. The Bertz CT molecular complexity index is 737. The number of fused-ring (bicyclic) bond motifs is 4. The van der Waals surface area contributed by atoms with E-state index >= 15 is 0 Å². The van der Waals surface area contributed by atoms with Gasteiger partial charge in [0.15, 0.2) is 0 Å². The van der Waals surface area contributed by atoms with Gasteiger partial charge in [-0.3, -0.25) is 0 Å². The number of allylic oxidation sites excluding steroid dienone is 4. The fraction of sp³-hybridized carbons (Fsp3) is 0.857. The third-order valence-corrected chi connectivity index (χ3v) is 11.0. The first-order valence-corrected chi connectivity index (χ1v) is 12.8. The van der Waals surface area contributed by atoms with Crippen LogP contribution in [0.3, 0.4) is 0 Å². The smallest absolute Gasteiger partial charge is 0.0594 e. The molecule has 2 fully saturated rings. The van der Waals surface area contributed by atoms with Gasteiger partial charge in [-0.15, -0.1) is 0 Å². The zero-order chi connectivity index (χ0) is 20.6. The van der Waals surface area contributed by atoms with Gasteiger partial charge in [0, 0.05) is 0 Å². The van der Waals surface area contributed by atoms with E-state index in [1.54, 1.807) is 11.1 Å². The molecule has 5 aliphatic rings. The van der Waals surface area contributed by atoms with Crippen LogP contribution in [0.15, 0.2) is 22.8 Å². The Balaban J connectivity index is 1.44. The first kappa shape index (κ1) is 20.3. The van der Waals surface area contributed by atoms with Crippen LogP contribution in [0.1, 0.15) is 105 Å². The van der Waals surface area contributed by atoms with Gasteiger partial charge in [0.1, 0.15) is 0 Å². The topological polar surface area (TPSA) is 20.2 Å². The van der Waals surface area contributed by atoms with E-state index in [1.165, 1.54) is 64.2 Å². The van der Waals surface area contributed by atoms with Gasteiger partial charge in [0.25, 0.3) is 0 Å². The summed E-state index contributed by atoms with van der Waals surface area (Å²) in [5, 5.41) is 10.7. The zero-order valence-corrected chi connectivity index (χ0v) is 19.7. The lowest BCUT2D eigenvalue weighted by Crippen LogP contribution is -2.53. The van der Waals surface area contributed by atoms with Gasteiger partial charge < -0.3 is 5.11 Å². The van der Waals surface area contributed by atoms with Gasteiger partial charge in [0.2, 0.25) is 0 Å². The minimum absolute atomic E-state index is 0.0517. The second-order valence-electron chi connectivity index (χ2n) is 12.7. The maximum Gasteiger partial charge on any atom is 0.0594 e. The molecule has 5 rings (SSSR count). The van der Waals surface area contributed by atoms with Crippen LogP contribution in [0, 0.1) is 39.9 Å². The molecule has 0 saturated heterocycles. The average Bonchev–Trinajstić information content (AvgIpc) is 2.99. The molecule has 6 atom stereocenters. The number of rotatable bonds is 3. The molecule has 1 unspecified atom stereocenters. The van der Waals surface area contributed by atoms with Crippen LogP contribution in [0.25, 0.3) is 0 Å². The fourth-order valence-electron chi connectivity index (χ4n) is 9.00. The third-order valence-electron chi connectivity index (χ3n) is 11.0. The second kappa shape index (κ2) is 6.72. The van der Waals surface area contributed by atoms with E-state index in [4.69, 9.17) is 0 Å². The third kappa shape index (κ3) is 2.81. The Morgan fingerprint density at radius 3 is 2.45 bits per heavy atom. The van der Waals surface area contributed by atoms with Gasteiger partial charge in [-0.25, -0.2) is 0 Å². The number of hydrogen-bond donors (Lipinski definition) is 1. The minimum Gasteiger partial charge on any atom is -0.393 e. The summed E-state index contributed by atoms with van der Waals surface area (Å²) in [6.45, 7) is 12.4. The van der Waals surface area contributed by atoms with Crippen LogP contribution < -0.4 is 0 Å². The Kier molecular flexibility index (Phi) is 4.71. The predicted molar refractivity (Wildman–Crippen MR) is 122 cm³/mol. The quantitative estimate of drug-likeness (QED) is 0.525. The van der Waals surface area contributed by atoms with Crippen LogP contribution in [0.5, 0.6) is 0 Å². The fourth-order valence-corrected chi connectivity index (χ4v) is 9.00. The standard InChI is InChI=1S/C28H44O/c1-18(17-19-7-6-8-19)21-10-11-22-20-9-12-24-26(2,3)25(29)14-16-28(24,5)23(20)13-15-27(21,22)4/h11,18-19,21,24-25,29H,6-10,12-17H2,1-5H3/t18-,21-,24?,25+,27+,28-/m1/s1. The first-order chi connectivity index (χ1) is 13.7. The molecular weight excluding hydrogens is 352 g/mol. The van der Waals surface area contributed by atoms with Crippen molar-refractivity contribution in [1.29, 1.82) is 0 Å². The van der Waals surface area contributed by atoms with Gasteiger partial charge in [0.05, 0.1) is 6.10 Å². The second-order valence-corrected chi connectivity index (χ2v) is 12.7. The largest absolute Gasteiger partial charge is 0.393 e. The lowest BCUT2D eigenvalue weighted by Gasteiger charge is -2.59. The molecule has 0 aliphatic heterocycles. The Morgan fingerprint density at radius 2 is 1.76 bits per heavy atom. The van der Waals surface area contributed by atoms with E-state index in [-0.39, 0.29) is 11.5 Å². The Morgan fingerprint density at radius 1 is 1.00 bits per heavy atom. The van der Waals surface area contributed by atoms with E-state index in [9.17, 15) is 5.11 Å². The lowest BCUT2D eigenvalue weighted by molar-refractivity contribution is -0.0905. The highest BCUT2D eigenvalue weighted by molar-refractivity contribution is 5.49. The summed E-state index contributed by atoms with van der Waals surface area (Å²) in [5.74, 6) is 3.40. The summed E-state index contributed by atoms with van der Waals surface area (Å²) in [7, 11) is 0. The van der Waals surface area contributed by atoms with Crippen molar-refractivity contribution in [3.63, 3.8) is 0 Å². The van der Waals surface area contributed by atoms with Crippen LogP contribution in [-0.4, -0.2) is 11.2 Å². The van der Waals surface area contributed by atoms with Crippen molar-refractivity contribution in [1.82, 2.24) is 0 Å². The molecule has 0 aromatic rings. The monoisotopic (exact) mass is 396 g/mol. The SMILES string of the molecule is C[C@H](CC1CCC1)[C@H]1CC=C2C3=C(CC[C@]21C)[C@@]1(C)CC[C@H](O)C(C)(C)C1CC3.